The van der Waals surface area contributed by atoms with Gasteiger partial charge in [-0.2, -0.15) is 0 Å². The Hall–Kier alpha value is -0.960. The van der Waals surface area contributed by atoms with Gasteiger partial charge in [0.05, 0.1) is 12.0 Å². The fourth-order valence-electron chi connectivity index (χ4n) is 1.98. The maximum atomic E-state index is 12.2. The molecule has 2 heterocycles. The van der Waals surface area contributed by atoms with Crippen LogP contribution in [-0.2, 0) is 14.9 Å². The first-order valence-electron chi connectivity index (χ1n) is 5.98. The minimum absolute atomic E-state index is 0.0784. The lowest BCUT2D eigenvalue weighted by Gasteiger charge is -2.26. The molecule has 1 fully saturated rings. The molecular weight excluding hydrogens is 288 g/mol. The highest BCUT2D eigenvalue weighted by Gasteiger charge is 2.23. The molecule has 1 saturated heterocycles. The van der Waals surface area contributed by atoms with Crippen molar-refractivity contribution in [3.8, 4) is 0 Å². The Labute approximate surface area is 116 Å². The fraction of sp³-hybridized carbons (Fsp3) is 0.545. The molecule has 0 saturated carbocycles. The molecule has 19 heavy (non-hydrogen) atoms. The highest BCUT2D eigenvalue weighted by molar-refractivity contribution is 7.91. The van der Waals surface area contributed by atoms with Crippen LogP contribution in [0.3, 0.4) is 0 Å². The van der Waals surface area contributed by atoms with E-state index in [0.29, 0.717) is 4.88 Å². The number of carbonyl (C=O) groups excluding carboxylic acids is 1. The van der Waals surface area contributed by atoms with Crippen molar-refractivity contribution in [3.63, 3.8) is 0 Å². The van der Waals surface area contributed by atoms with Gasteiger partial charge in [-0.05, 0) is 31.4 Å². The van der Waals surface area contributed by atoms with E-state index >= 15 is 0 Å². The van der Waals surface area contributed by atoms with Gasteiger partial charge in [-0.1, -0.05) is 4.89 Å². The van der Waals surface area contributed by atoms with Crippen LogP contribution in [0.5, 0.6) is 0 Å². The average Bonchev–Trinajstić information content (AvgIpc) is 2.89. The summed E-state index contributed by atoms with van der Waals surface area (Å²) in [6.45, 7) is 1.49. The molecule has 1 aliphatic rings. The van der Waals surface area contributed by atoms with Crippen LogP contribution in [0.2, 0.25) is 0 Å². The number of amides is 1. The van der Waals surface area contributed by atoms with Crippen LogP contribution in [-0.4, -0.2) is 39.4 Å². The third-order valence-electron chi connectivity index (χ3n) is 2.89. The molecule has 0 bridgehead atoms. The first kappa shape index (κ1) is 14.4. The molecule has 8 heteroatoms. The standard InChI is InChI=1S/C11H16N2O4S2/c1-17-12-19(15,16)10-6-5-9(18-10)11(14)13-7-3-2-4-8-13/h5-6,12H,2-4,7-8H2,1H3. The molecule has 0 aromatic carbocycles. The van der Waals surface area contributed by atoms with Crippen LogP contribution in [0.1, 0.15) is 28.9 Å². The molecule has 1 aromatic rings. The first-order valence-corrected chi connectivity index (χ1v) is 8.28. The number of hydrogen-bond acceptors (Lipinski definition) is 5. The van der Waals surface area contributed by atoms with Crippen LogP contribution < -0.4 is 4.89 Å². The highest BCUT2D eigenvalue weighted by Crippen LogP contribution is 2.24. The largest absolute Gasteiger partial charge is 0.338 e. The summed E-state index contributed by atoms with van der Waals surface area (Å²) >= 11 is 0.960. The SMILES string of the molecule is CONS(=O)(=O)c1ccc(C(=O)N2CCCCC2)s1. The Balaban J connectivity index is 2.14. The van der Waals surface area contributed by atoms with Crippen LogP contribution in [0.15, 0.2) is 16.3 Å². The predicted molar refractivity (Wildman–Crippen MR) is 71.4 cm³/mol. The number of piperidine rings is 1. The number of hydrogen-bond donors (Lipinski definition) is 1. The van der Waals surface area contributed by atoms with Gasteiger partial charge in [-0.3, -0.25) is 9.63 Å². The van der Waals surface area contributed by atoms with Gasteiger partial charge in [-0.15, -0.1) is 11.3 Å². The molecule has 1 N–H and O–H groups in total. The number of sulfonamides is 1. The van der Waals surface area contributed by atoms with E-state index in [4.69, 9.17) is 0 Å². The van der Waals surface area contributed by atoms with Crippen molar-refractivity contribution >= 4 is 27.3 Å². The smallest absolute Gasteiger partial charge is 0.271 e. The Bertz CT molecular complexity index is 547. The molecule has 0 aliphatic carbocycles. The molecule has 0 spiro atoms. The van der Waals surface area contributed by atoms with E-state index in [9.17, 15) is 13.2 Å². The highest BCUT2D eigenvalue weighted by atomic mass is 32.2. The van der Waals surface area contributed by atoms with Crippen molar-refractivity contribution < 1.29 is 18.0 Å². The number of nitrogens with zero attached hydrogens (tertiary/aromatic N) is 1. The summed E-state index contributed by atoms with van der Waals surface area (Å²) in [7, 11) is -2.45. The lowest BCUT2D eigenvalue weighted by atomic mass is 10.1. The summed E-state index contributed by atoms with van der Waals surface area (Å²) in [5, 5.41) is 0. The van der Waals surface area contributed by atoms with Gasteiger partial charge < -0.3 is 4.90 Å². The maximum Gasteiger partial charge on any atom is 0.271 e. The Morgan fingerprint density at radius 2 is 2.00 bits per heavy atom. The number of carbonyl (C=O) groups is 1. The molecule has 0 radical (unpaired) electrons. The lowest BCUT2D eigenvalue weighted by Crippen LogP contribution is -2.35. The molecule has 1 aromatic heterocycles. The van der Waals surface area contributed by atoms with E-state index in [1.54, 1.807) is 11.0 Å². The topological polar surface area (TPSA) is 75.7 Å². The third kappa shape index (κ3) is 3.33. The summed E-state index contributed by atoms with van der Waals surface area (Å²) in [4.78, 5) is 20.8. The molecule has 1 amide bonds. The van der Waals surface area contributed by atoms with Gasteiger partial charge in [0.2, 0.25) is 0 Å². The third-order valence-corrected chi connectivity index (χ3v) is 5.72. The fourth-order valence-corrected chi connectivity index (χ4v) is 4.05. The Morgan fingerprint density at radius 1 is 1.32 bits per heavy atom. The molecule has 0 atom stereocenters. The number of likely N-dealkylation sites (tertiary alicyclic amines) is 1. The summed E-state index contributed by atoms with van der Waals surface area (Å²) < 4.78 is 23.5. The van der Waals surface area contributed by atoms with Crippen LogP contribution >= 0.6 is 11.3 Å². The zero-order valence-electron chi connectivity index (χ0n) is 10.6. The Morgan fingerprint density at radius 3 is 2.63 bits per heavy atom. The molecule has 1 aliphatic heterocycles. The molecule has 6 nitrogen and oxygen atoms in total. The molecule has 2 rings (SSSR count). The van der Waals surface area contributed by atoms with E-state index in [1.807, 2.05) is 4.89 Å². The van der Waals surface area contributed by atoms with Crippen molar-refractivity contribution in [3.05, 3.63) is 17.0 Å². The molecular formula is C11H16N2O4S2. The van der Waals surface area contributed by atoms with Crippen LogP contribution in [0.4, 0.5) is 0 Å². The van der Waals surface area contributed by atoms with Crippen molar-refractivity contribution in [2.45, 2.75) is 23.5 Å². The normalized spacial score (nSPS) is 16.6. The minimum atomic E-state index is -3.68. The number of rotatable bonds is 4. The van der Waals surface area contributed by atoms with Gasteiger partial charge in [0.1, 0.15) is 4.21 Å². The van der Waals surface area contributed by atoms with Crippen LogP contribution in [0, 0.1) is 0 Å². The molecule has 106 valence electrons. The van der Waals surface area contributed by atoms with Gasteiger partial charge in [-0.25, -0.2) is 8.42 Å². The van der Waals surface area contributed by atoms with E-state index in [2.05, 4.69) is 4.84 Å². The minimum Gasteiger partial charge on any atom is -0.338 e. The van der Waals surface area contributed by atoms with Gasteiger partial charge in [0.15, 0.2) is 0 Å². The zero-order chi connectivity index (χ0) is 13.9. The zero-order valence-corrected chi connectivity index (χ0v) is 12.2. The van der Waals surface area contributed by atoms with Crippen molar-refractivity contribution in [1.29, 1.82) is 0 Å². The number of thiophene rings is 1. The van der Waals surface area contributed by atoms with E-state index in [-0.39, 0.29) is 10.1 Å². The Kier molecular flexibility index (Phi) is 4.56. The summed E-state index contributed by atoms with van der Waals surface area (Å²) in [6, 6.07) is 2.97. The molecule has 0 unspecified atom stereocenters. The monoisotopic (exact) mass is 304 g/mol. The lowest BCUT2D eigenvalue weighted by molar-refractivity contribution is 0.0729. The van der Waals surface area contributed by atoms with Gasteiger partial charge in [0, 0.05) is 13.1 Å². The van der Waals surface area contributed by atoms with Crippen molar-refractivity contribution in [2.24, 2.45) is 0 Å². The second-order valence-electron chi connectivity index (χ2n) is 4.26. The average molecular weight is 304 g/mol. The van der Waals surface area contributed by atoms with Gasteiger partial charge in [0.25, 0.3) is 15.9 Å². The summed E-state index contributed by atoms with van der Waals surface area (Å²) in [6.07, 6.45) is 3.16. The summed E-state index contributed by atoms with van der Waals surface area (Å²) in [5.74, 6) is -0.0939. The van der Waals surface area contributed by atoms with E-state index < -0.39 is 10.0 Å². The van der Waals surface area contributed by atoms with E-state index in [1.165, 1.54) is 13.2 Å². The maximum absolute atomic E-state index is 12.2. The second-order valence-corrected chi connectivity index (χ2v) is 7.22. The first-order chi connectivity index (χ1) is 9.04. The van der Waals surface area contributed by atoms with Crippen molar-refractivity contribution in [1.82, 2.24) is 9.79 Å². The predicted octanol–water partition coefficient (Wildman–Crippen LogP) is 1.21. The van der Waals surface area contributed by atoms with Gasteiger partial charge >= 0.3 is 0 Å². The van der Waals surface area contributed by atoms with E-state index in [0.717, 1.165) is 43.7 Å². The number of nitrogens with one attached hydrogen (secondary N) is 1. The summed E-state index contributed by atoms with van der Waals surface area (Å²) in [5.41, 5.74) is 0. The van der Waals surface area contributed by atoms with Crippen LogP contribution in [0.25, 0.3) is 0 Å². The second kappa shape index (κ2) is 6.00. The van der Waals surface area contributed by atoms with Crippen molar-refractivity contribution in [2.75, 3.05) is 20.2 Å². The quantitative estimate of drug-likeness (QED) is 0.849.